The lowest BCUT2D eigenvalue weighted by atomic mass is 9.72. The first kappa shape index (κ1) is 11.7. The van der Waals surface area contributed by atoms with Gasteiger partial charge < -0.3 is 5.32 Å². The monoisotopic (exact) mass is 217 g/mol. The molecule has 1 aliphatic rings. The molecular weight excluding hydrogens is 194 g/mol. The van der Waals surface area contributed by atoms with E-state index in [-0.39, 0.29) is 0 Å². The van der Waals surface area contributed by atoms with Crippen LogP contribution in [-0.2, 0) is 6.42 Å². The maximum absolute atomic E-state index is 3.45. The van der Waals surface area contributed by atoms with Crippen LogP contribution >= 0.6 is 0 Å². The first-order chi connectivity index (χ1) is 7.85. The molecule has 0 amide bonds. The van der Waals surface area contributed by atoms with E-state index in [0.29, 0.717) is 5.41 Å². The maximum atomic E-state index is 3.45. The Morgan fingerprint density at radius 3 is 2.44 bits per heavy atom. The van der Waals surface area contributed by atoms with E-state index in [0.717, 1.165) is 0 Å². The predicted octanol–water partition coefficient (Wildman–Crippen LogP) is 3.40. The summed E-state index contributed by atoms with van der Waals surface area (Å²) in [6, 6.07) is 10.9. The summed E-state index contributed by atoms with van der Waals surface area (Å²) in [4.78, 5) is 0. The third-order valence-electron chi connectivity index (χ3n) is 3.73. The van der Waals surface area contributed by atoms with Gasteiger partial charge in [-0.05, 0) is 23.8 Å². The average Bonchev–Trinajstić information content (AvgIpc) is 2.27. The van der Waals surface area contributed by atoms with Crippen LogP contribution in [0, 0.1) is 5.41 Å². The number of benzene rings is 1. The molecule has 1 aromatic carbocycles. The molecule has 1 aromatic rings. The Morgan fingerprint density at radius 1 is 1.12 bits per heavy atom. The molecular formula is C15H23N. The Hall–Kier alpha value is -0.820. The summed E-state index contributed by atoms with van der Waals surface area (Å²) in [6.07, 6.45) is 6.75. The maximum Gasteiger partial charge on any atom is 0.00234 e. The molecule has 1 saturated heterocycles. The van der Waals surface area contributed by atoms with Crippen LogP contribution in [0.4, 0.5) is 0 Å². The van der Waals surface area contributed by atoms with E-state index in [1.807, 2.05) is 0 Å². The summed E-state index contributed by atoms with van der Waals surface area (Å²) < 4.78 is 0. The molecule has 1 heteroatoms. The molecule has 88 valence electrons. The molecule has 0 radical (unpaired) electrons. The molecule has 1 aliphatic heterocycles. The van der Waals surface area contributed by atoms with Gasteiger partial charge in [0.15, 0.2) is 0 Å². The Labute approximate surface area is 99.3 Å². The molecule has 0 spiro atoms. The Balaban J connectivity index is 1.89. The quantitative estimate of drug-likeness (QED) is 0.720. The fourth-order valence-electron chi connectivity index (χ4n) is 2.65. The Kier molecular flexibility index (Phi) is 4.00. The van der Waals surface area contributed by atoms with Crippen molar-refractivity contribution in [3.63, 3.8) is 0 Å². The highest BCUT2D eigenvalue weighted by Gasteiger charge is 2.35. The second-order valence-electron chi connectivity index (χ2n) is 5.22. The van der Waals surface area contributed by atoms with Crippen molar-refractivity contribution in [2.75, 3.05) is 13.1 Å². The SMILES string of the molecule is CCCCCC1(Cc2ccccc2)CNC1. The highest BCUT2D eigenvalue weighted by Crippen LogP contribution is 2.33. The third kappa shape index (κ3) is 2.85. The molecule has 0 unspecified atom stereocenters. The number of rotatable bonds is 6. The zero-order chi connectivity index (χ0) is 11.3. The van der Waals surface area contributed by atoms with Crippen LogP contribution in [0.1, 0.15) is 38.2 Å². The molecule has 0 aromatic heterocycles. The number of hydrogen-bond acceptors (Lipinski definition) is 1. The summed E-state index contributed by atoms with van der Waals surface area (Å²) >= 11 is 0. The highest BCUT2D eigenvalue weighted by atomic mass is 15.0. The van der Waals surface area contributed by atoms with Gasteiger partial charge in [0.25, 0.3) is 0 Å². The van der Waals surface area contributed by atoms with E-state index >= 15 is 0 Å². The topological polar surface area (TPSA) is 12.0 Å². The summed E-state index contributed by atoms with van der Waals surface area (Å²) in [5.41, 5.74) is 2.07. The van der Waals surface area contributed by atoms with Gasteiger partial charge in [-0.1, -0.05) is 56.5 Å². The first-order valence-electron chi connectivity index (χ1n) is 6.59. The molecule has 0 saturated carbocycles. The van der Waals surface area contributed by atoms with Crippen LogP contribution in [0.3, 0.4) is 0 Å². The zero-order valence-corrected chi connectivity index (χ0v) is 10.3. The van der Waals surface area contributed by atoms with Crippen LogP contribution in [0.15, 0.2) is 30.3 Å². The lowest BCUT2D eigenvalue weighted by Crippen LogP contribution is -2.54. The molecule has 0 atom stereocenters. The summed E-state index contributed by atoms with van der Waals surface area (Å²) in [5.74, 6) is 0. The summed E-state index contributed by atoms with van der Waals surface area (Å²) in [7, 11) is 0. The normalized spacial score (nSPS) is 18.1. The Morgan fingerprint density at radius 2 is 1.88 bits per heavy atom. The van der Waals surface area contributed by atoms with E-state index in [1.165, 1.54) is 50.8 Å². The number of unbranched alkanes of at least 4 members (excludes halogenated alkanes) is 2. The van der Waals surface area contributed by atoms with E-state index in [2.05, 4.69) is 42.6 Å². The van der Waals surface area contributed by atoms with Gasteiger partial charge in [-0.25, -0.2) is 0 Å². The van der Waals surface area contributed by atoms with Crippen LogP contribution in [0.2, 0.25) is 0 Å². The summed E-state index contributed by atoms with van der Waals surface area (Å²) in [6.45, 7) is 4.71. The minimum Gasteiger partial charge on any atom is -0.316 e. The largest absolute Gasteiger partial charge is 0.316 e. The van der Waals surface area contributed by atoms with Gasteiger partial charge in [0.1, 0.15) is 0 Å². The fourth-order valence-corrected chi connectivity index (χ4v) is 2.65. The van der Waals surface area contributed by atoms with Gasteiger partial charge in [-0.15, -0.1) is 0 Å². The van der Waals surface area contributed by atoms with Gasteiger partial charge in [-0.3, -0.25) is 0 Å². The highest BCUT2D eigenvalue weighted by molar-refractivity contribution is 5.18. The van der Waals surface area contributed by atoms with Crippen molar-refractivity contribution in [3.05, 3.63) is 35.9 Å². The van der Waals surface area contributed by atoms with Crippen molar-refractivity contribution in [2.45, 2.75) is 39.0 Å². The average molecular weight is 217 g/mol. The second-order valence-corrected chi connectivity index (χ2v) is 5.22. The molecule has 1 N–H and O–H groups in total. The van der Waals surface area contributed by atoms with Crippen LogP contribution < -0.4 is 5.32 Å². The smallest absolute Gasteiger partial charge is 0.00234 e. The van der Waals surface area contributed by atoms with Gasteiger partial charge in [0.05, 0.1) is 0 Å². The van der Waals surface area contributed by atoms with Crippen molar-refractivity contribution < 1.29 is 0 Å². The van der Waals surface area contributed by atoms with Crippen LogP contribution in [0.5, 0.6) is 0 Å². The van der Waals surface area contributed by atoms with Crippen LogP contribution in [0.25, 0.3) is 0 Å². The number of hydrogen-bond donors (Lipinski definition) is 1. The van der Waals surface area contributed by atoms with Gasteiger partial charge >= 0.3 is 0 Å². The summed E-state index contributed by atoms with van der Waals surface area (Å²) in [5, 5.41) is 3.45. The molecule has 1 nitrogen and oxygen atoms in total. The van der Waals surface area contributed by atoms with E-state index < -0.39 is 0 Å². The lowest BCUT2D eigenvalue weighted by molar-refractivity contribution is 0.147. The molecule has 0 aliphatic carbocycles. The molecule has 1 fully saturated rings. The van der Waals surface area contributed by atoms with Gasteiger partial charge in [0, 0.05) is 13.1 Å². The molecule has 2 rings (SSSR count). The third-order valence-corrected chi connectivity index (χ3v) is 3.73. The Bertz CT molecular complexity index is 300. The molecule has 16 heavy (non-hydrogen) atoms. The first-order valence-corrected chi connectivity index (χ1v) is 6.59. The van der Waals surface area contributed by atoms with Gasteiger partial charge in [0.2, 0.25) is 0 Å². The van der Waals surface area contributed by atoms with Crippen molar-refractivity contribution in [2.24, 2.45) is 5.41 Å². The minimum absolute atomic E-state index is 0.566. The van der Waals surface area contributed by atoms with Crippen molar-refractivity contribution >= 4 is 0 Å². The lowest BCUT2D eigenvalue weighted by Gasteiger charge is -2.43. The minimum atomic E-state index is 0.566. The second kappa shape index (κ2) is 5.49. The zero-order valence-electron chi connectivity index (χ0n) is 10.3. The van der Waals surface area contributed by atoms with Gasteiger partial charge in [-0.2, -0.15) is 0 Å². The molecule has 0 bridgehead atoms. The van der Waals surface area contributed by atoms with Crippen molar-refractivity contribution in [1.82, 2.24) is 5.32 Å². The predicted molar refractivity (Wildman–Crippen MR) is 69.6 cm³/mol. The molecule has 1 heterocycles. The van der Waals surface area contributed by atoms with E-state index in [9.17, 15) is 0 Å². The van der Waals surface area contributed by atoms with Crippen LogP contribution in [-0.4, -0.2) is 13.1 Å². The van der Waals surface area contributed by atoms with Crippen molar-refractivity contribution in [3.8, 4) is 0 Å². The number of nitrogens with one attached hydrogen (secondary N) is 1. The fraction of sp³-hybridized carbons (Fsp3) is 0.600. The van der Waals surface area contributed by atoms with E-state index in [1.54, 1.807) is 0 Å². The van der Waals surface area contributed by atoms with E-state index in [4.69, 9.17) is 0 Å². The standard InChI is InChI=1S/C15H23N/c1-2-3-7-10-15(12-16-13-15)11-14-8-5-4-6-9-14/h4-6,8-9,16H,2-3,7,10-13H2,1H3. The van der Waals surface area contributed by atoms with Crippen molar-refractivity contribution in [1.29, 1.82) is 0 Å².